The number of benzene rings is 2. The number of thiazole rings is 1. The maximum Gasteiger partial charge on any atom is 0.234 e. The molecule has 1 N–H and O–H groups in total. The maximum atomic E-state index is 12.5. The Balaban J connectivity index is 1.23. The average Bonchev–Trinajstić information content (AvgIpc) is 3.13. The fraction of sp³-hybridized carbons (Fsp3) is 0.417. The number of amides is 1. The number of piperazine rings is 1. The molecule has 1 aliphatic rings. The smallest absolute Gasteiger partial charge is 0.234 e. The highest BCUT2D eigenvalue weighted by Gasteiger charge is 2.21. The van der Waals surface area contributed by atoms with Crippen LogP contribution in [0.1, 0.15) is 34.7 Å². The van der Waals surface area contributed by atoms with E-state index in [1.54, 1.807) is 11.3 Å². The molecule has 0 radical (unpaired) electrons. The summed E-state index contributed by atoms with van der Waals surface area (Å²) in [4.78, 5) is 22.0. The molecule has 1 saturated heterocycles. The van der Waals surface area contributed by atoms with Crippen molar-refractivity contribution in [2.24, 2.45) is 0 Å². The van der Waals surface area contributed by atoms with E-state index in [0.29, 0.717) is 6.54 Å². The van der Waals surface area contributed by atoms with Crippen molar-refractivity contribution < 1.29 is 4.79 Å². The first-order valence-electron chi connectivity index (χ1n) is 10.6. The van der Waals surface area contributed by atoms with Gasteiger partial charge in [0.1, 0.15) is 5.01 Å². The van der Waals surface area contributed by atoms with Crippen LogP contribution in [-0.4, -0.2) is 53.4 Å². The third-order valence-electron chi connectivity index (χ3n) is 5.94. The van der Waals surface area contributed by atoms with Crippen molar-refractivity contribution in [2.45, 2.75) is 33.4 Å². The molecule has 2 aromatic carbocycles. The van der Waals surface area contributed by atoms with Crippen molar-refractivity contribution in [2.75, 3.05) is 32.7 Å². The molecule has 4 rings (SSSR count). The molecular weight excluding hydrogens is 392 g/mol. The molecule has 1 fully saturated rings. The van der Waals surface area contributed by atoms with Crippen molar-refractivity contribution in [3.63, 3.8) is 0 Å². The second kappa shape index (κ2) is 9.25. The lowest BCUT2D eigenvalue weighted by Crippen LogP contribution is -2.49. The molecule has 0 unspecified atom stereocenters. The third-order valence-corrected chi connectivity index (χ3v) is 6.96. The molecule has 158 valence electrons. The highest BCUT2D eigenvalue weighted by Crippen LogP contribution is 2.23. The van der Waals surface area contributed by atoms with Crippen LogP contribution in [0.15, 0.2) is 42.5 Å². The summed E-state index contributed by atoms with van der Waals surface area (Å²) < 4.78 is 1.25. The van der Waals surface area contributed by atoms with Gasteiger partial charge in [-0.1, -0.05) is 30.3 Å². The summed E-state index contributed by atoms with van der Waals surface area (Å²) in [5, 5.41) is 4.32. The third kappa shape index (κ3) is 5.06. The van der Waals surface area contributed by atoms with E-state index < -0.39 is 0 Å². The highest BCUT2D eigenvalue weighted by molar-refractivity contribution is 7.18. The van der Waals surface area contributed by atoms with E-state index in [1.807, 2.05) is 6.07 Å². The van der Waals surface area contributed by atoms with E-state index in [-0.39, 0.29) is 11.9 Å². The van der Waals surface area contributed by atoms with Gasteiger partial charge in [0.05, 0.1) is 29.3 Å². The quantitative estimate of drug-likeness (QED) is 0.654. The van der Waals surface area contributed by atoms with Gasteiger partial charge < -0.3 is 5.32 Å². The molecule has 0 bridgehead atoms. The van der Waals surface area contributed by atoms with E-state index in [4.69, 9.17) is 4.98 Å². The minimum atomic E-state index is 0.0251. The summed E-state index contributed by atoms with van der Waals surface area (Å²) in [6.07, 6.45) is 0. The first kappa shape index (κ1) is 21.0. The molecule has 3 aromatic rings. The minimum absolute atomic E-state index is 0.0251. The van der Waals surface area contributed by atoms with Gasteiger partial charge in [-0.25, -0.2) is 4.98 Å². The maximum absolute atomic E-state index is 12.5. The lowest BCUT2D eigenvalue weighted by Gasteiger charge is -2.34. The molecule has 1 aliphatic heterocycles. The molecule has 30 heavy (non-hydrogen) atoms. The van der Waals surface area contributed by atoms with Crippen LogP contribution in [-0.2, 0) is 11.3 Å². The normalized spacial score (nSPS) is 16.6. The number of carbonyl (C=O) groups excluding carboxylic acids is 1. The molecule has 1 aromatic heterocycles. The lowest BCUT2D eigenvalue weighted by atomic mass is 10.0. The Hall–Kier alpha value is -2.28. The standard InChI is InChI=1S/C24H30N4OS/c1-17-8-9-20(14-18(17)2)19(3)25-23(29)15-27-10-12-28(13-11-27)16-24-26-21-6-4-5-7-22(21)30-24/h4-9,14,19H,10-13,15-16H2,1-3H3,(H,25,29)/t19-/m1/s1. The monoisotopic (exact) mass is 422 g/mol. The molecule has 1 amide bonds. The van der Waals surface area contributed by atoms with E-state index in [1.165, 1.54) is 20.8 Å². The molecule has 6 heteroatoms. The second-order valence-corrected chi connectivity index (χ2v) is 9.38. The molecule has 0 aliphatic carbocycles. The Bertz CT molecular complexity index is 990. The fourth-order valence-corrected chi connectivity index (χ4v) is 4.90. The Morgan fingerprint density at radius 2 is 1.80 bits per heavy atom. The number of nitrogens with zero attached hydrogens (tertiary/aromatic N) is 3. The van der Waals surface area contributed by atoms with E-state index in [9.17, 15) is 4.79 Å². The van der Waals surface area contributed by atoms with Crippen LogP contribution in [0.4, 0.5) is 0 Å². The van der Waals surface area contributed by atoms with Crippen LogP contribution in [0.25, 0.3) is 10.2 Å². The van der Waals surface area contributed by atoms with Gasteiger partial charge in [0.2, 0.25) is 5.91 Å². The van der Waals surface area contributed by atoms with Crippen molar-refractivity contribution in [3.05, 3.63) is 64.2 Å². The van der Waals surface area contributed by atoms with Gasteiger partial charge in [-0.15, -0.1) is 11.3 Å². The number of hydrogen-bond acceptors (Lipinski definition) is 5. The first-order valence-corrected chi connectivity index (χ1v) is 11.5. The largest absolute Gasteiger partial charge is 0.348 e. The lowest BCUT2D eigenvalue weighted by molar-refractivity contribution is -0.123. The number of aromatic nitrogens is 1. The molecule has 5 nitrogen and oxygen atoms in total. The Morgan fingerprint density at radius 3 is 2.53 bits per heavy atom. The van der Waals surface area contributed by atoms with Gasteiger partial charge in [-0.3, -0.25) is 14.6 Å². The van der Waals surface area contributed by atoms with Gasteiger partial charge in [-0.2, -0.15) is 0 Å². The van der Waals surface area contributed by atoms with Crippen molar-refractivity contribution in [1.29, 1.82) is 0 Å². The number of para-hydroxylation sites is 1. The summed E-state index contributed by atoms with van der Waals surface area (Å²) in [6, 6.07) is 14.7. The van der Waals surface area contributed by atoms with Crippen LogP contribution in [0.3, 0.4) is 0 Å². The zero-order valence-electron chi connectivity index (χ0n) is 18.0. The van der Waals surface area contributed by atoms with E-state index in [0.717, 1.165) is 43.8 Å². The fourth-order valence-electron chi connectivity index (χ4n) is 3.89. The van der Waals surface area contributed by atoms with Crippen LogP contribution >= 0.6 is 11.3 Å². The molecule has 1 atom stereocenters. The Morgan fingerprint density at radius 1 is 1.07 bits per heavy atom. The Kier molecular flexibility index (Phi) is 6.46. The van der Waals surface area contributed by atoms with Crippen molar-refractivity contribution in [3.8, 4) is 0 Å². The summed E-state index contributed by atoms with van der Waals surface area (Å²) in [5.74, 6) is 0.0975. The van der Waals surface area contributed by atoms with Gasteiger partial charge in [0.15, 0.2) is 0 Å². The SMILES string of the molecule is Cc1ccc([C@@H](C)NC(=O)CN2CCN(Cc3nc4ccccc4s3)CC2)cc1C. The van der Waals surface area contributed by atoms with E-state index >= 15 is 0 Å². The predicted octanol–water partition coefficient (Wildman–Crippen LogP) is 3.91. The minimum Gasteiger partial charge on any atom is -0.348 e. The van der Waals surface area contributed by atoms with Crippen LogP contribution in [0.5, 0.6) is 0 Å². The summed E-state index contributed by atoms with van der Waals surface area (Å²) >= 11 is 1.78. The number of rotatable bonds is 6. The number of nitrogens with one attached hydrogen (secondary N) is 1. The Labute approximate surface area is 182 Å². The van der Waals surface area contributed by atoms with Crippen molar-refractivity contribution in [1.82, 2.24) is 20.1 Å². The first-order chi connectivity index (χ1) is 14.5. The van der Waals surface area contributed by atoms with Crippen molar-refractivity contribution >= 4 is 27.5 Å². The summed E-state index contributed by atoms with van der Waals surface area (Å²) in [5.41, 5.74) is 4.79. The zero-order chi connectivity index (χ0) is 21.1. The predicted molar refractivity (Wildman–Crippen MR) is 124 cm³/mol. The molecule has 0 spiro atoms. The van der Waals surface area contributed by atoms with Gasteiger partial charge in [0.25, 0.3) is 0 Å². The number of carbonyl (C=O) groups is 1. The van der Waals surface area contributed by atoms with Gasteiger partial charge in [-0.05, 0) is 49.6 Å². The molecular formula is C24H30N4OS. The average molecular weight is 423 g/mol. The van der Waals surface area contributed by atoms with Crippen LogP contribution in [0, 0.1) is 13.8 Å². The van der Waals surface area contributed by atoms with Crippen LogP contribution in [0.2, 0.25) is 0 Å². The molecule has 0 saturated carbocycles. The van der Waals surface area contributed by atoms with E-state index in [2.05, 4.69) is 72.3 Å². The summed E-state index contributed by atoms with van der Waals surface area (Å²) in [6.45, 7) is 11.4. The number of fused-ring (bicyclic) bond motifs is 1. The van der Waals surface area contributed by atoms with Gasteiger partial charge in [0, 0.05) is 26.2 Å². The number of aryl methyl sites for hydroxylation is 2. The van der Waals surface area contributed by atoms with Crippen LogP contribution < -0.4 is 5.32 Å². The zero-order valence-corrected chi connectivity index (χ0v) is 18.8. The summed E-state index contributed by atoms with van der Waals surface area (Å²) in [7, 11) is 0. The molecule has 2 heterocycles. The highest BCUT2D eigenvalue weighted by atomic mass is 32.1. The topological polar surface area (TPSA) is 48.5 Å². The van der Waals surface area contributed by atoms with Gasteiger partial charge >= 0.3 is 0 Å². The number of hydrogen-bond donors (Lipinski definition) is 1. The second-order valence-electron chi connectivity index (χ2n) is 8.26.